The number of carbonyl (C=O) groups excluding carboxylic acids is 1. The Morgan fingerprint density at radius 3 is 2.95 bits per heavy atom. The summed E-state index contributed by atoms with van der Waals surface area (Å²) in [5.41, 5.74) is 0.643. The molecule has 1 aliphatic carbocycles. The van der Waals surface area contributed by atoms with E-state index in [0.717, 1.165) is 30.2 Å². The first-order valence-corrected chi connectivity index (χ1v) is 7.51. The molecule has 0 N–H and O–H groups in total. The van der Waals surface area contributed by atoms with Crippen LogP contribution in [0.3, 0.4) is 0 Å². The number of carbonyl (C=O) groups is 1. The van der Waals surface area contributed by atoms with E-state index in [1.807, 2.05) is 12.1 Å². The molecule has 1 fully saturated rings. The van der Waals surface area contributed by atoms with Crippen molar-refractivity contribution in [1.29, 1.82) is 0 Å². The maximum absolute atomic E-state index is 12.1. The van der Waals surface area contributed by atoms with E-state index in [0.29, 0.717) is 23.8 Å². The van der Waals surface area contributed by atoms with Gasteiger partial charge in [-0.3, -0.25) is 9.78 Å². The fraction of sp³-hybridized carbons (Fsp3) is 0.429. The highest BCUT2D eigenvalue weighted by molar-refractivity contribution is 9.10. The van der Waals surface area contributed by atoms with E-state index in [-0.39, 0.29) is 11.7 Å². The van der Waals surface area contributed by atoms with Crippen molar-refractivity contribution in [2.45, 2.75) is 38.0 Å². The summed E-state index contributed by atoms with van der Waals surface area (Å²) in [7, 11) is 0. The molecule has 104 valence electrons. The van der Waals surface area contributed by atoms with Crippen LogP contribution in [0.4, 0.5) is 0 Å². The normalized spacial score (nSPS) is 19.9. The Morgan fingerprint density at radius 2 is 2.15 bits per heavy atom. The smallest absolute Gasteiger partial charge is 0.237 e. The molecule has 1 aliphatic rings. The molecule has 20 heavy (non-hydrogen) atoms. The van der Waals surface area contributed by atoms with E-state index in [4.69, 9.17) is 4.52 Å². The van der Waals surface area contributed by atoms with Crippen molar-refractivity contribution >= 4 is 21.7 Å². The number of rotatable bonds is 2. The largest absolute Gasteiger partial charge is 0.338 e. The standard InChI is InChI=1S/C14H14BrN3O2/c15-9-6-7-11(16-8-9)13-17-14(20-18-13)10-4-2-1-3-5-12(10)19/h6-8,10H,1-5H2. The molecule has 1 atom stereocenters. The van der Waals surface area contributed by atoms with Gasteiger partial charge in [0.1, 0.15) is 11.5 Å². The molecule has 0 aromatic carbocycles. The number of pyridine rings is 1. The van der Waals surface area contributed by atoms with Crippen LogP contribution in [-0.4, -0.2) is 20.9 Å². The highest BCUT2D eigenvalue weighted by Crippen LogP contribution is 2.29. The lowest BCUT2D eigenvalue weighted by Gasteiger charge is -2.06. The Balaban J connectivity index is 1.85. The molecule has 2 heterocycles. The third kappa shape index (κ3) is 2.80. The van der Waals surface area contributed by atoms with Gasteiger partial charge in [-0.1, -0.05) is 18.0 Å². The summed E-state index contributed by atoms with van der Waals surface area (Å²) in [6.07, 6.45) is 6.18. The highest BCUT2D eigenvalue weighted by atomic mass is 79.9. The fourth-order valence-electron chi connectivity index (χ4n) is 2.41. The molecule has 0 aliphatic heterocycles. The van der Waals surface area contributed by atoms with Crippen LogP contribution >= 0.6 is 15.9 Å². The van der Waals surface area contributed by atoms with Gasteiger partial charge in [0, 0.05) is 17.1 Å². The van der Waals surface area contributed by atoms with Gasteiger partial charge in [0.2, 0.25) is 11.7 Å². The van der Waals surface area contributed by atoms with Gasteiger partial charge in [-0.25, -0.2) is 0 Å². The summed E-state index contributed by atoms with van der Waals surface area (Å²) in [5.74, 6) is 0.830. The van der Waals surface area contributed by atoms with Gasteiger partial charge < -0.3 is 4.52 Å². The number of ketones is 1. The molecule has 0 bridgehead atoms. The van der Waals surface area contributed by atoms with E-state index >= 15 is 0 Å². The van der Waals surface area contributed by atoms with Gasteiger partial charge in [-0.15, -0.1) is 0 Å². The average molecular weight is 336 g/mol. The lowest BCUT2D eigenvalue weighted by molar-refractivity contribution is -0.120. The second kappa shape index (κ2) is 5.83. The van der Waals surface area contributed by atoms with Crippen molar-refractivity contribution in [3.63, 3.8) is 0 Å². The lowest BCUT2D eigenvalue weighted by Crippen LogP contribution is -2.10. The summed E-state index contributed by atoms with van der Waals surface area (Å²) in [4.78, 5) is 20.6. The first-order valence-electron chi connectivity index (χ1n) is 6.72. The van der Waals surface area contributed by atoms with Crippen molar-refractivity contribution in [3.05, 3.63) is 28.7 Å². The first-order chi connectivity index (χ1) is 9.74. The summed E-state index contributed by atoms with van der Waals surface area (Å²) in [5, 5.41) is 3.94. The molecule has 0 spiro atoms. The number of hydrogen-bond acceptors (Lipinski definition) is 5. The number of nitrogens with zero attached hydrogens (tertiary/aromatic N) is 3. The summed E-state index contributed by atoms with van der Waals surface area (Å²) >= 11 is 3.33. The van der Waals surface area contributed by atoms with Crippen molar-refractivity contribution in [1.82, 2.24) is 15.1 Å². The van der Waals surface area contributed by atoms with Crippen molar-refractivity contribution in [2.24, 2.45) is 0 Å². The zero-order valence-corrected chi connectivity index (χ0v) is 12.5. The summed E-state index contributed by atoms with van der Waals surface area (Å²) in [6.45, 7) is 0. The van der Waals surface area contributed by atoms with Gasteiger partial charge in [-0.2, -0.15) is 4.98 Å². The van der Waals surface area contributed by atoms with E-state index in [2.05, 4.69) is 31.1 Å². The van der Waals surface area contributed by atoms with Crippen LogP contribution in [0, 0.1) is 0 Å². The third-order valence-corrected chi connectivity index (χ3v) is 3.97. The summed E-state index contributed by atoms with van der Waals surface area (Å²) in [6, 6.07) is 3.68. The number of aromatic nitrogens is 3. The number of halogens is 1. The first kappa shape index (κ1) is 13.4. The van der Waals surface area contributed by atoms with Gasteiger partial charge >= 0.3 is 0 Å². The van der Waals surface area contributed by atoms with Crippen molar-refractivity contribution in [2.75, 3.05) is 0 Å². The minimum atomic E-state index is -0.241. The predicted molar refractivity (Wildman–Crippen MR) is 76.1 cm³/mol. The maximum Gasteiger partial charge on any atom is 0.237 e. The second-order valence-corrected chi connectivity index (χ2v) is 5.85. The van der Waals surface area contributed by atoms with E-state index in [1.165, 1.54) is 0 Å². The molecule has 0 radical (unpaired) electrons. The molecule has 0 saturated heterocycles. The Labute approximate surface area is 124 Å². The molecule has 6 heteroatoms. The van der Waals surface area contributed by atoms with E-state index < -0.39 is 0 Å². The van der Waals surface area contributed by atoms with Crippen LogP contribution in [0.25, 0.3) is 11.5 Å². The van der Waals surface area contributed by atoms with Crippen LogP contribution in [0.2, 0.25) is 0 Å². The van der Waals surface area contributed by atoms with E-state index in [1.54, 1.807) is 6.20 Å². The lowest BCUT2D eigenvalue weighted by atomic mass is 9.99. The summed E-state index contributed by atoms with van der Waals surface area (Å²) < 4.78 is 6.17. The Kier molecular flexibility index (Phi) is 3.91. The second-order valence-electron chi connectivity index (χ2n) is 4.94. The van der Waals surface area contributed by atoms with Gasteiger partial charge in [0.05, 0.1) is 5.92 Å². The Bertz CT molecular complexity index is 609. The zero-order valence-electron chi connectivity index (χ0n) is 10.9. The van der Waals surface area contributed by atoms with Crippen molar-refractivity contribution < 1.29 is 9.32 Å². The molecular formula is C14H14BrN3O2. The Morgan fingerprint density at radius 1 is 1.25 bits per heavy atom. The quantitative estimate of drug-likeness (QED) is 0.785. The third-order valence-electron chi connectivity index (χ3n) is 3.50. The van der Waals surface area contributed by atoms with Crippen LogP contribution < -0.4 is 0 Å². The minimum absolute atomic E-state index is 0.210. The fourth-order valence-corrected chi connectivity index (χ4v) is 2.64. The Hall–Kier alpha value is -1.56. The number of Topliss-reactive ketones (excluding diaryl/α,β-unsaturated/α-hetero) is 1. The molecule has 3 rings (SSSR count). The van der Waals surface area contributed by atoms with Gasteiger partial charge in [-0.05, 0) is 40.9 Å². The van der Waals surface area contributed by atoms with Crippen LogP contribution in [-0.2, 0) is 4.79 Å². The van der Waals surface area contributed by atoms with E-state index in [9.17, 15) is 4.79 Å². The molecular weight excluding hydrogens is 322 g/mol. The average Bonchev–Trinajstić information content (AvgIpc) is 2.83. The topological polar surface area (TPSA) is 68.9 Å². The SMILES string of the molecule is O=C1CCCCCC1c1nc(-c2ccc(Br)cn2)no1. The predicted octanol–water partition coefficient (Wildman–Crippen LogP) is 3.51. The molecule has 5 nitrogen and oxygen atoms in total. The van der Waals surface area contributed by atoms with Crippen LogP contribution in [0.1, 0.15) is 43.9 Å². The zero-order chi connectivity index (χ0) is 13.9. The van der Waals surface area contributed by atoms with Crippen LogP contribution in [0.5, 0.6) is 0 Å². The van der Waals surface area contributed by atoms with Gasteiger partial charge in [0.15, 0.2) is 0 Å². The molecule has 0 amide bonds. The highest BCUT2D eigenvalue weighted by Gasteiger charge is 2.28. The molecule has 1 unspecified atom stereocenters. The molecule has 2 aromatic heterocycles. The van der Waals surface area contributed by atoms with Gasteiger partial charge in [0.25, 0.3) is 0 Å². The molecule has 1 saturated carbocycles. The minimum Gasteiger partial charge on any atom is -0.338 e. The molecule has 2 aromatic rings. The maximum atomic E-state index is 12.1. The van der Waals surface area contributed by atoms with Crippen molar-refractivity contribution in [3.8, 4) is 11.5 Å². The van der Waals surface area contributed by atoms with Crippen LogP contribution in [0.15, 0.2) is 27.3 Å². The number of hydrogen-bond donors (Lipinski definition) is 0. The monoisotopic (exact) mass is 335 g/mol.